The number of methoxy groups -OCH3 is 2. The number of nitrogens with zero attached hydrogens (tertiary/aromatic N) is 3. The summed E-state index contributed by atoms with van der Waals surface area (Å²) < 4.78 is 15.8. The van der Waals surface area contributed by atoms with Crippen LogP contribution >= 0.6 is 11.8 Å². The van der Waals surface area contributed by atoms with Crippen molar-refractivity contribution in [3.63, 3.8) is 0 Å². The number of ether oxygens (including phenoxy) is 3. The zero-order valence-corrected chi connectivity index (χ0v) is 21.2. The van der Waals surface area contributed by atoms with Gasteiger partial charge in [-0.3, -0.25) is 9.78 Å². The summed E-state index contributed by atoms with van der Waals surface area (Å²) in [6.07, 6.45) is 1.81. The van der Waals surface area contributed by atoms with Crippen LogP contribution in [0.25, 0.3) is 0 Å². The smallest absolute Gasteiger partial charge is 0.338 e. The van der Waals surface area contributed by atoms with Gasteiger partial charge in [0.15, 0.2) is 5.17 Å². The van der Waals surface area contributed by atoms with Gasteiger partial charge in [0.1, 0.15) is 12.4 Å². The Kier molecular flexibility index (Phi) is 8.40. The molecule has 36 heavy (non-hydrogen) atoms. The van der Waals surface area contributed by atoms with E-state index in [0.717, 1.165) is 17.0 Å². The minimum atomic E-state index is -0.511. The Hall–Kier alpha value is -3.63. The molecule has 1 N–H and O–H groups in total. The molecular formula is C26H28N4O5S. The largest absolute Gasteiger partial charge is 0.497 e. The average molecular weight is 509 g/mol. The highest BCUT2D eigenvalue weighted by Gasteiger charge is 2.41. The van der Waals surface area contributed by atoms with Crippen LogP contribution in [0.5, 0.6) is 5.75 Å². The Morgan fingerprint density at radius 3 is 2.61 bits per heavy atom. The van der Waals surface area contributed by atoms with Crippen LogP contribution in [0.4, 0.5) is 0 Å². The van der Waals surface area contributed by atoms with Gasteiger partial charge in [0.2, 0.25) is 5.91 Å². The third kappa shape index (κ3) is 5.77. The molecule has 0 radical (unpaired) electrons. The first-order chi connectivity index (χ1) is 17.5. The van der Waals surface area contributed by atoms with E-state index in [4.69, 9.17) is 14.2 Å². The molecule has 188 valence electrons. The summed E-state index contributed by atoms with van der Waals surface area (Å²) in [7, 11) is 3.15. The fourth-order valence-corrected chi connectivity index (χ4v) is 4.91. The van der Waals surface area contributed by atoms with Crippen LogP contribution in [-0.4, -0.2) is 54.4 Å². The van der Waals surface area contributed by atoms with E-state index < -0.39 is 12.0 Å². The first-order valence-corrected chi connectivity index (χ1v) is 12.3. The van der Waals surface area contributed by atoms with Crippen LogP contribution in [0, 0.1) is 0 Å². The van der Waals surface area contributed by atoms with E-state index in [9.17, 15) is 9.59 Å². The van der Waals surface area contributed by atoms with Gasteiger partial charge in [-0.2, -0.15) is 0 Å². The number of thioether (sulfide) groups is 1. The van der Waals surface area contributed by atoms with Crippen molar-refractivity contribution < 1.29 is 23.8 Å². The number of nitrogens with one attached hydrogen (secondary N) is 1. The third-order valence-corrected chi connectivity index (χ3v) is 6.60. The van der Waals surface area contributed by atoms with Gasteiger partial charge in [-0.05, 0) is 42.2 Å². The minimum absolute atomic E-state index is 0.122. The fraction of sp³-hybridized carbons (Fsp3) is 0.308. The Labute approximate surface area is 214 Å². The van der Waals surface area contributed by atoms with Crippen molar-refractivity contribution >= 4 is 28.8 Å². The number of hydrogen-bond donors (Lipinski definition) is 1. The molecule has 0 saturated carbocycles. The number of pyridine rings is 1. The number of benzene rings is 1. The number of hydrogen-bond acceptors (Lipinski definition) is 9. The van der Waals surface area contributed by atoms with Crippen molar-refractivity contribution in [2.45, 2.75) is 25.9 Å². The minimum Gasteiger partial charge on any atom is -0.497 e. The Bertz CT molecular complexity index is 1190. The predicted molar refractivity (Wildman–Crippen MR) is 137 cm³/mol. The topological polar surface area (TPSA) is 102 Å². The number of fused-ring (bicyclic) bond motifs is 1. The molecule has 0 saturated heterocycles. The summed E-state index contributed by atoms with van der Waals surface area (Å²) in [6.45, 7) is 2.55. The maximum atomic E-state index is 13.2. The highest BCUT2D eigenvalue weighted by Crippen LogP contribution is 2.45. The molecule has 3 heterocycles. The lowest BCUT2D eigenvalue weighted by molar-refractivity contribution is -0.141. The Morgan fingerprint density at radius 2 is 1.92 bits per heavy atom. The number of esters is 1. The molecule has 2 aliphatic heterocycles. The number of carbonyl (C=O) groups excluding carboxylic acids is 2. The number of amidine groups is 1. The number of amides is 1. The van der Waals surface area contributed by atoms with E-state index in [1.807, 2.05) is 52.8 Å². The molecule has 0 bridgehead atoms. The van der Waals surface area contributed by atoms with E-state index in [1.165, 1.54) is 11.8 Å². The number of rotatable bonds is 10. The van der Waals surface area contributed by atoms with Gasteiger partial charge < -0.3 is 24.4 Å². The molecule has 9 nitrogen and oxygen atoms in total. The normalized spacial score (nSPS) is 16.8. The number of allylic oxidation sites excluding steroid dienone is 1. The van der Waals surface area contributed by atoms with Gasteiger partial charge in [-0.25, -0.2) is 9.79 Å². The second-order valence-corrected chi connectivity index (χ2v) is 8.91. The molecule has 1 atom stereocenters. The highest BCUT2D eigenvalue weighted by molar-refractivity contribution is 8.16. The van der Waals surface area contributed by atoms with E-state index in [0.29, 0.717) is 35.3 Å². The van der Waals surface area contributed by atoms with Gasteiger partial charge in [0.05, 0.1) is 49.7 Å². The van der Waals surface area contributed by atoms with Gasteiger partial charge in [-0.1, -0.05) is 30.0 Å². The van der Waals surface area contributed by atoms with Crippen molar-refractivity contribution in [3.05, 3.63) is 82.3 Å². The monoisotopic (exact) mass is 508 g/mol. The summed E-state index contributed by atoms with van der Waals surface area (Å²) in [6, 6.07) is 12.6. The van der Waals surface area contributed by atoms with Gasteiger partial charge in [0, 0.05) is 19.0 Å². The molecule has 4 rings (SSSR count). The van der Waals surface area contributed by atoms with Crippen LogP contribution in [0.15, 0.2) is 76.0 Å². The van der Waals surface area contributed by atoms with Gasteiger partial charge >= 0.3 is 5.97 Å². The first kappa shape index (κ1) is 25.5. The molecule has 1 aromatic carbocycles. The van der Waals surface area contributed by atoms with Crippen molar-refractivity contribution in [2.24, 2.45) is 4.99 Å². The Balaban J connectivity index is 1.60. The number of carbonyl (C=O) groups is 2. The zero-order chi connectivity index (χ0) is 25.5. The lowest BCUT2D eigenvalue weighted by Crippen LogP contribution is -2.38. The maximum Gasteiger partial charge on any atom is 0.338 e. The first-order valence-electron chi connectivity index (χ1n) is 11.4. The van der Waals surface area contributed by atoms with Crippen molar-refractivity contribution in [3.8, 4) is 5.75 Å². The van der Waals surface area contributed by atoms with Crippen molar-refractivity contribution in [2.75, 3.05) is 27.4 Å². The van der Waals surface area contributed by atoms with Crippen LogP contribution in [0.2, 0.25) is 0 Å². The third-order valence-electron chi connectivity index (χ3n) is 5.71. The van der Waals surface area contributed by atoms with Crippen LogP contribution in [0.1, 0.15) is 30.6 Å². The molecule has 0 spiro atoms. The molecule has 2 aliphatic rings. The number of aromatic nitrogens is 1. The summed E-state index contributed by atoms with van der Waals surface area (Å²) in [5, 5.41) is 5.52. The van der Waals surface area contributed by atoms with Crippen LogP contribution in [0.3, 0.4) is 0 Å². The predicted octanol–water partition coefficient (Wildman–Crippen LogP) is 3.56. The summed E-state index contributed by atoms with van der Waals surface area (Å²) >= 11 is 1.43. The molecular weight excluding hydrogens is 480 g/mol. The van der Waals surface area contributed by atoms with E-state index >= 15 is 0 Å². The lowest BCUT2D eigenvalue weighted by atomic mass is 9.93. The standard InChI is InChI=1S/C26H28N4O5S/c1-17-23(25(32)35-13-12-33-2)24(18-7-9-21(34-3)10-8-18)30-20(16-36-26(30)29-17)14-22(31)28-15-19-6-4-5-11-27-19/h4-11,16,24H,12-15H2,1-3H3,(H,28,31)/t24-/m0/s1. The Morgan fingerprint density at radius 1 is 1.11 bits per heavy atom. The van der Waals surface area contributed by atoms with Crippen molar-refractivity contribution in [1.82, 2.24) is 15.2 Å². The molecule has 0 aliphatic carbocycles. The zero-order valence-electron chi connectivity index (χ0n) is 20.4. The quantitative estimate of drug-likeness (QED) is 0.384. The molecule has 1 aromatic heterocycles. The summed E-state index contributed by atoms with van der Waals surface area (Å²) in [5.74, 6) is 0.0792. The van der Waals surface area contributed by atoms with E-state index in [1.54, 1.807) is 27.3 Å². The van der Waals surface area contributed by atoms with E-state index in [2.05, 4.69) is 15.3 Å². The molecule has 0 unspecified atom stereocenters. The molecule has 10 heteroatoms. The number of aliphatic imine (C=N–C) groups is 1. The summed E-state index contributed by atoms with van der Waals surface area (Å²) in [5.41, 5.74) is 3.36. The van der Waals surface area contributed by atoms with Gasteiger partial charge in [-0.15, -0.1) is 0 Å². The SMILES string of the molecule is COCCOC(=O)C1=C(C)N=C2SC=C(CC(=O)NCc3ccccn3)N2[C@H]1c1ccc(OC)cc1. The molecule has 0 fully saturated rings. The second-order valence-electron chi connectivity index (χ2n) is 8.07. The molecule has 2 aromatic rings. The summed E-state index contributed by atoms with van der Waals surface area (Å²) in [4.78, 5) is 36.9. The molecule has 1 amide bonds. The lowest BCUT2D eigenvalue weighted by Gasteiger charge is -2.36. The maximum absolute atomic E-state index is 13.2. The van der Waals surface area contributed by atoms with Crippen molar-refractivity contribution in [1.29, 1.82) is 0 Å². The second kappa shape index (κ2) is 11.9. The fourth-order valence-electron chi connectivity index (χ4n) is 3.95. The van der Waals surface area contributed by atoms with E-state index in [-0.39, 0.29) is 18.9 Å². The van der Waals surface area contributed by atoms with Crippen LogP contribution in [-0.2, 0) is 25.6 Å². The van der Waals surface area contributed by atoms with Gasteiger partial charge in [0.25, 0.3) is 0 Å². The highest BCUT2D eigenvalue weighted by atomic mass is 32.2. The van der Waals surface area contributed by atoms with Crippen LogP contribution < -0.4 is 10.1 Å². The average Bonchev–Trinajstić information content (AvgIpc) is 3.29.